The number of aliphatic hydroxyl groups is 1. The lowest BCUT2D eigenvalue weighted by Crippen LogP contribution is -2.28. The molecule has 11 heteroatoms. The Labute approximate surface area is 204 Å². The van der Waals surface area contributed by atoms with Gasteiger partial charge in [-0.25, -0.2) is 4.98 Å². The first-order valence-electron chi connectivity index (χ1n) is 11.5. The molecule has 3 heterocycles. The molecule has 8 nitrogen and oxygen atoms in total. The maximum atomic E-state index is 13.8. The van der Waals surface area contributed by atoms with Gasteiger partial charge in [-0.2, -0.15) is 18.3 Å². The number of alkyl halides is 3. The average molecular weight is 499 g/mol. The monoisotopic (exact) mass is 499 g/mol. The molecule has 1 saturated carbocycles. The number of fused-ring (bicyclic) bond motifs is 1. The van der Waals surface area contributed by atoms with Crippen molar-refractivity contribution < 1.29 is 23.0 Å². The molecule has 1 aliphatic carbocycles. The van der Waals surface area contributed by atoms with Gasteiger partial charge in [-0.1, -0.05) is 0 Å². The van der Waals surface area contributed by atoms with Crippen LogP contribution in [-0.2, 0) is 19.3 Å². The number of methoxy groups -OCH3 is 1. The second kappa shape index (κ2) is 9.05. The zero-order valence-electron chi connectivity index (χ0n) is 19.7. The molecule has 0 spiro atoms. The first kappa shape index (κ1) is 24.0. The zero-order valence-corrected chi connectivity index (χ0v) is 19.7. The first-order chi connectivity index (χ1) is 17.2. The number of aromatic nitrogens is 5. The normalized spacial score (nSPS) is 14.8. The highest BCUT2D eigenvalue weighted by Crippen LogP contribution is 2.43. The molecule has 4 aromatic rings. The molecule has 1 N–H and O–H groups in total. The topological polar surface area (TPSA) is 95.1 Å². The fourth-order valence-corrected chi connectivity index (χ4v) is 4.53. The van der Waals surface area contributed by atoms with Crippen LogP contribution >= 0.6 is 0 Å². The van der Waals surface area contributed by atoms with E-state index in [1.807, 2.05) is 0 Å². The van der Waals surface area contributed by atoms with Crippen LogP contribution in [0.1, 0.15) is 42.8 Å². The summed E-state index contributed by atoms with van der Waals surface area (Å²) < 4.78 is 49.5. The van der Waals surface area contributed by atoms with E-state index in [2.05, 4.69) is 15.1 Å². The second-order valence-electron chi connectivity index (χ2n) is 8.80. The van der Waals surface area contributed by atoms with E-state index in [9.17, 15) is 23.1 Å². The Bertz CT molecular complexity index is 1490. The van der Waals surface area contributed by atoms with Gasteiger partial charge in [-0.3, -0.25) is 19.0 Å². The lowest BCUT2D eigenvalue weighted by Gasteiger charge is -2.20. The minimum atomic E-state index is -4.71. The van der Waals surface area contributed by atoms with Crippen molar-refractivity contribution in [1.29, 1.82) is 0 Å². The van der Waals surface area contributed by atoms with Gasteiger partial charge in [0.15, 0.2) is 5.69 Å². The first-order valence-corrected chi connectivity index (χ1v) is 11.5. The summed E-state index contributed by atoms with van der Waals surface area (Å²) in [6.07, 6.45) is 1.37. The van der Waals surface area contributed by atoms with Crippen LogP contribution in [0.25, 0.3) is 22.0 Å². The number of benzene rings is 1. The Balaban J connectivity index is 1.74. The molecule has 0 amide bonds. The van der Waals surface area contributed by atoms with Gasteiger partial charge < -0.3 is 9.84 Å². The van der Waals surface area contributed by atoms with Crippen LogP contribution in [0, 0.1) is 5.92 Å². The Morgan fingerprint density at radius 1 is 1.19 bits per heavy atom. The van der Waals surface area contributed by atoms with Crippen molar-refractivity contribution in [3.05, 3.63) is 70.3 Å². The third-order valence-electron chi connectivity index (χ3n) is 6.43. The Morgan fingerprint density at radius 3 is 2.61 bits per heavy atom. The predicted molar refractivity (Wildman–Crippen MR) is 125 cm³/mol. The zero-order chi connectivity index (χ0) is 25.6. The molecular formula is C25H24F3N5O3. The molecule has 1 atom stereocenters. The van der Waals surface area contributed by atoms with E-state index in [1.165, 1.54) is 33.9 Å². The van der Waals surface area contributed by atoms with E-state index in [-0.39, 0.29) is 34.5 Å². The van der Waals surface area contributed by atoms with Gasteiger partial charge in [0, 0.05) is 36.1 Å². The van der Waals surface area contributed by atoms with Gasteiger partial charge in [0.05, 0.1) is 42.7 Å². The van der Waals surface area contributed by atoms with Crippen LogP contribution in [0.4, 0.5) is 13.2 Å². The lowest BCUT2D eigenvalue weighted by atomic mass is 9.99. The van der Waals surface area contributed by atoms with E-state index in [0.717, 1.165) is 12.8 Å². The van der Waals surface area contributed by atoms with Gasteiger partial charge in [-0.15, -0.1) is 0 Å². The number of ether oxygens (including phenoxy) is 1. The molecule has 1 aromatic carbocycles. The van der Waals surface area contributed by atoms with Crippen LogP contribution in [-0.4, -0.2) is 36.5 Å². The van der Waals surface area contributed by atoms with Crippen molar-refractivity contribution in [3.8, 4) is 16.9 Å². The molecule has 0 unspecified atom stereocenters. The Morgan fingerprint density at radius 2 is 1.97 bits per heavy atom. The number of aliphatic hydroxyl groups excluding tert-OH is 1. The summed E-state index contributed by atoms with van der Waals surface area (Å²) in [6.45, 7) is 1.46. The van der Waals surface area contributed by atoms with Crippen LogP contribution in [0.3, 0.4) is 0 Å². The highest BCUT2D eigenvalue weighted by atomic mass is 19.4. The third-order valence-corrected chi connectivity index (χ3v) is 6.43. The van der Waals surface area contributed by atoms with Crippen molar-refractivity contribution >= 4 is 10.9 Å². The van der Waals surface area contributed by atoms with E-state index >= 15 is 0 Å². The molecule has 0 saturated heterocycles. The number of hydrogen-bond donors (Lipinski definition) is 1. The Kier molecular flexibility index (Phi) is 6.03. The highest BCUT2D eigenvalue weighted by molar-refractivity contribution is 5.94. The van der Waals surface area contributed by atoms with Crippen molar-refractivity contribution in [3.63, 3.8) is 0 Å². The standard InChI is InChI=1S/C25H24F3N5O3/c1-3-32-11-19(23(31-32)25(26,27)28)17-8-14(12-34)9-18-21(17)30-13-33(24(18)35)22(15-4-5-15)20-10-16(36-2)6-7-29-20/h6-11,13,15,22,34H,3-5,12H2,1-2H3/t22-/m0/s1. The predicted octanol–water partition coefficient (Wildman–Crippen LogP) is 4.19. The molecule has 0 radical (unpaired) electrons. The van der Waals surface area contributed by atoms with Gasteiger partial charge in [0.2, 0.25) is 0 Å². The van der Waals surface area contributed by atoms with E-state index in [1.54, 1.807) is 32.4 Å². The molecule has 1 aliphatic rings. The van der Waals surface area contributed by atoms with E-state index in [4.69, 9.17) is 4.74 Å². The largest absolute Gasteiger partial charge is 0.497 e. The number of rotatable bonds is 7. The summed E-state index contributed by atoms with van der Waals surface area (Å²) in [5.41, 5.74) is -0.533. The summed E-state index contributed by atoms with van der Waals surface area (Å²) in [5.74, 6) is 0.770. The van der Waals surface area contributed by atoms with Crippen molar-refractivity contribution in [2.75, 3.05) is 7.11 Å². The summed E-state index contributed by atoms with van der Waals surface area (Å²) in [4.78, 5) is 22.7. The number of aryl methyl sites for hydroxylation is 1. The van der Waals surface area contributed by atoms with Crippen LogP contribution in [0.5, 0.6) is 5.75 Å². The number of nitrogens with zero attached hydrogens (tertiary/aromatic N) is 5. The Hall–Kier alpha value is -3.73. The minimum absolute atomic E-state index is 0.0929. The van der Waals surface area contributed by atoms with Crippen LogP contribution < -0.4 is 10.3 Å². The smallest absolute Gasteiger partial charge is 0.435 e. The maximum absolute atomic E-state index is 13.8. The SMILES string of the molecule is CCn1cc(-c2cc(CO)cc3c(=O)n([C@H](c4cc(OC)ccn4)C4CC4)cnc23)c(C(F)(F)F)n1. The molecule has 36 heavy (non-hydrogen) atoms. The van der Waals surface area contributed by atoms with E-state index < -0.39 is 30.1 Å². The summed E-state index contributed by atoms with van der Waals surface area (Å²) in [6, 6.07) is 5.98. The van der Waals surface area contributed by atoms with Gasteiger partial charge in [-0.05, 0) is 49.4 Å². The molecule has 3 aromatic heterocycles. The summed E-state index contributed by atoms with van der Waals surface area (Å²) in [7, 11) is 1.54. The lowest BCUT2D eigenvalue weighted by molar-refractivity contribution is -0.141. The summed E-state index contributed by atoms with van der Waals surface area (Å²) in [5, 5.41) is 13.7. The van der Waals surface area contributed by atoms with Crippen molar-refractivity contribution in [1.82, 2.24) is 24.3 Å². The fraction of sp³-hybridized carbons (Fsp3) is 0.360. The second-order valence-corrected chi connectivity index (χ2v) is 8.80. The molecule has 188 valence electrons. The molecule has 0 bridgehead atoms. The van der Waals surface area contributed by atoms with Gasteiger partial charge >= 0.3 is 6.18 Å². The fourth-order valence-electron chi connectivity index (χ4n) is 4.53. The maximum Gasteiger partial charge on any atom is 0.435 e. The number of hydrogen-bond acceptors (Lipinski definition) is 6. The minimum Gasteiger partial charge on any atom is -0.497 e. The van der Waals surface area contributed by atoms with Gasteiger partial charge in [0.1, 0.15) is 5.75 Å². The van der Waals surface area contributed by atoms with Gasteiger partial charge in [0.25, 0.3) is 5.56 Å². The van der Waals surface area contributed by atoms with Crippen LogP contribution in [0.2, 0.25) is 0 Å². The summed E-state index contributed by atoms with van der Waals surface area (Å²) >= 11 is 0. The third kappa shape index (κ3) is 4.23. The molecular weight excluding hydrogens is 475 g/mol. The van der Waals surface area contributed by atoms with Crippen molar-refractivity contribution in [2.45, 2.75) is 45.1 Å². The van der Waals surface area contributed by atoms with Crippen LogP contribution in [0.15, 0.2) is 47.8 Å². The quantitative estimate of drug-likeness (QED) is 0.410. The average Bonchev–Trinajstić information content (AvgIpc) is 3.60. The molecule has 5 rings (SSSR count). The van der Waals surface area contributed by atoms with Crippen molar-refractivity contribution in [2.24, 2.45) is 5.92 Å². The highest BCUT2D eigenvalue weighted by Gasteiger charge is 2.39. The molecule has 1 fully saturated rings. The number of halogens is 3. The number of pyridine rings is 1. The molecule has 0 aliphatic heterocycles. The van der Waals surface area contributed by atoms with E-state index in [0.29, 0.717) is 17.0 Å².